The van der Waals surface area contributed by atoms with Gasteiger partial charge >= 0.3 is 0 Å². The van der Waals surface area contributed by atoms with E-state index in [0.29, 0.717) is 5.75 Å². The third-order valence-electron chi connectivity index (χ3n) is 2.26. The molecule has 2 N–H and O–H groups in total. The molecule has 3 nitrogen and oxygen atoms in total. The van der Waals surface area contributed by atoms with E-state index in [1.807, 2.05) is 0 Å². The summed E-state index contributed by atoms with van der Waals surface area (Å²) >= 11 is 0. The number of nitrogens with two attached hydrogens (primary N) is 1. The minimum Gasteiger partial charge on any atom is -0.324 e. The van der Waals surface area contributed by atoms with E-state index in [9.17, 15) is 8.42 Å². The van der Waals surface area contributed by atoms with Gasteiger partial charge in [-0.05, 0) is 25.7 Å². The highest BCUT2D eigenvalue weighted by Crippen LogP contribution is 2.21. The van der Waals surface area contributed by atoms with Crippen molar-refractivity contribution in [2.24, 2.45) is 5.73 Å². The van der Waals surface area contributed by atoms with Gasteiger partial charge in [0.2, 0.25) is 0 Å². The van der Waals surface area contributed by atoms with Crippen molar-refractivity contribution in [2.75, 3.05) is 12.0 Å². The van der Waals surface area contributed by atoms with Gasteiger partial charge in [-0.2, -0.15) is 0 Å². The summed E-state index contributed by atoms with van der Waals surface area (Å²) in [6, 6.07) is 0.202. The molecule has 0 saturated heterocycles. The summed E-state index contributed by atoms with van der Waals surface area (Å²) in [5, 5.41) is 0. The molecule has 1 aliphatic carbocycles. The van der Waals surface area contributed by atoms with Crippen LogP contribution in [0.4, 0.5) is 0 Å². The van der Waals surface area contributed by atoms with Crippen LogP contribution in [0.5, 0.6) is 0 Å². The average Bonchev–Trinajstić information content (AvgIpc) is 2.33. The van der Waals surface area contributed by atoms with E-state index in [0.717, 1.165) is 25.7 Å². The Labute approximate surface area is 79.9 Å². The fourth-order valence-electron chi connectivity index (χ4n) is 1.59. The van der Waals surface area contributed by atoms with Gasteiger partial charge in [0.05, 0.1) is 5.75 Å². The van der Waals surface area contributed by atoms with Gasteiger partial charge in [-0.25, -0.2) is 8.42 Å². The van der Waals surface area contributed by atoms with Crippen LogP contribution >= 0.6 is 0 Å². The maximum atomic E-state index is 10.8. The van der Waals surface area contributed by atoms with Crippen LogP contribution in [-0.2, 0) is 9.84 Å². The summed E-state index contributed by atoms with van der Waals surface area (Å²) in [5.74, 6) is 0.291. The largest absolute Gasteiger partial charge is 0.324 e. The van der Waals surface area contributed by atoms with Crippen molar-refractivity contribution in [2.45, 2.75) is 31.7 Å². The van der Waals surface area contributed by atoms with Crippen molar-refractivity contribution in [1.82, 2.24) is 0 Å². The van der Waals surface area contributed by atoms with Crippen LogP contribution < -0.4 is 5.73 Å². The summed E-state index contributed by atoms with van der Waals surface area (Å²) in [7, 11) is -2.79. The highest BCUT2D eigenvalue weighted by Gasteiger charge is 2.11. The molecule has 0 amide bonds. The molecular formula is C9H17NO2S. The summed E-state index contributed by atoms with van der Waals surface area (Å²) in [5.41, 5.74) is 7.02. The van der Waals surface area contributed by atoms with Gasteiger partial charge in [-0.15, -0.1) is 0 Å². The fourth-order valence-corrected chi connectivity index (χ4v) is 2.26. The van der Waals surface area contributed by atoms with E-state index < -0.39 is 9.84 Å². The van der Waals surface area contributed by atoms with Gasteiger partial charge < -0.3 is 5.73 Å². The lowest BCUT2D eigenvalue weighted by Crippen LogP contribution is -2.11. The molecule has 1 rings (SSSR count). The lowest BCUT2D eigenvalue weighted by atomic mass is 10.1. The zero-order chi connectivity index (χ0) is 9.90. The molecule has 0 spiro atoms. The fraction of sp³-hybridized carbons (Fsp3) is 0.778. The molecule has 1 unspecified atom stereocenters. The summed E-state index contributed by atoms with van der Waals surface area (Å²) in [6.07, 6.45) is 7.04. The first-order valence-corrected chi connectivity index (χ1v) is 6.66. The molecule has 0 radical (unpaired) electrons. The lowest BCUT2D eigenvalue weighted by molar-refractivity contribution is 0.598. The van der Waals surface area contributed by atoms with Crippen LogP contribution in [-0.4, -0.2) is 26.5 Å². The number of hydrogen-bond acceptors (Lipinski definition) is 3. The minimum atomic E-state index is -2.79. The van der Waals surface area contributed by atoms with E-state index in [1.54, 1.807) is 0 Å². The molecule has 0 heterocycles. The maximum Gasteiger partial charge on any atom is 0.147 e. The van der Waals surface area contributed by atoms with E-state index in [4.69, 9.17) is 5.73 Å². The predicted molar refractivity (Wildman–Crippen MR) is 54.2 cm³/mol. The normalized spacial score (nSPS) is 23.2. The lowest BCUT2D eigenvalue weighted by Gasteiger charge is -1.99. The molecule has 1 atom stereocenters. The van der Waals surface area contributed by atoms with E-state index in [1.165, 1.54) is 11.8 Å². The monoisotopic (exact) mass is 203 g/mol. The Bertz CT molecular complexity index is 293. The zero-order valence-corrected chi connectivity index (χ0v) is 8.81. The summed E-state index contributed by atoms with van der Waals surface area (Å²) < 4.78 is 21.7. The molecule has 0 aromatic carbocycles. The van der Waals surface area contributed by atoms with Gasteiger partial charge in [-0.1, -0.05) is 11.6 Å². The van der Waals surface area contributed by atoms with Crippen molar-refractivity contribution in [1.29, 1.82) is 0 Å². The summed E-state index contributed by atoms with van der Waals surface area (Å²) in [6.45, 7) is 0. The van der Waals surface area contributed by atoms with Crippen LogP contribution in [0.15, 0.2) is 11.6 Å². The molecule has 0 saturated carbocycles. The summed E-state index contributed by atoms with van der Waals surface area (Å²) in [4.78, 5) is 0. The number of hydrogen-bond donors (Lipinski definition) is 1. The van der Waals surface area contributed by atoms with Crippen LogP contribution in [0.3, 0.4) is 0 Å². The molecule has 4 heteroatoms. The first kappa shape index (κ1) is 10.7. The molecule has 0 fully saturated rings. The Morgan fingerprint density at radius 2 is 2.31 bits per heavy atom. The third kappa shape index (κ3) is 4.43. The Morgan fingerprint density at radius 3 is 2.77 bits per heavy atom. The van der Waals surface area contributed by atoms with Gasteiger partial charge in [0.1, 0.15) is 9.84 Å². The van der Waals surface area contributed by atoms with Crippen molar-refractivity contribution in [3.8, 4) is 0 Å². The molecule has 13 heavy (non-hydrogen) atoms. The van der Waals surface area contributed by atoms with Crippen LogP contribution in [0.2, 0.25) is 0 Å². The van der Waals surface area contributed by atoms with Crippen molar-refractivity contribution >= 4 is 9.84 Å². The molecule has 0 aromatic heterocycles. The minimum absolute atomic E-state index is 0.202. The zero-order valence-electron chi connectivity index (χ0n) is 7.99. The number of allylic oxidation sites excluding steroid dienone is 1. The second kappa shape index (κ2) is 4.24. The Morgan fingerprint density at radius 1 is 1.62 bits per heavy atom. The molecule has 0 aliphatic heterocycles. The number of sulfone groups is 1. The van der Waals surface area contributed by atoms with E-state index >= 15 is 0 Å². The predicted octanol–water partition coefficient (Wildman–Crippen LogP) is 0.859. The van der Waals surface area contributed by atoms with Gasteiger partial charge in [0.25, 0.3) is 0 Å². The highest BCUT2D eigenvalue weighted by atomic mass is 32.2. The Hall–Kier alpha value is -0.350. The van der Waals surface area contributed by atoms with E-state index in [-0.39, 0.29) is 6.04 Å². The first-order chi connectivity index (χ1) is 5.97. The molecular weight excluding hydrogens is 186 g/mol. The van der Waals surface area contributed by atoms with Crippen molar-refractivity contribution in [3.63, 3.8) is 0 Å². The molecule has 76 valence electrons. The van der Waals surface area contributed by atoms with Gasteiger partial charge in [-0.3, -0.25) is 0 Å². The second-order valence-electron chi connectivity index (χ2n) is 3.76. The van der Waals surface area contributed by atoms with Crippen molar-refractivity contribution in [3.05, 3.63) is 11.6 Å². The highest BCUT2D eigenvalue weighted by molar-refractivity contribution is 7.90. The quantitative estimate of drug-likeness (QED) is 0.689. The smallest absolute Gasteiger partial charge is 0.147 e. The first-order valence-electron chi connectivity index (χ1n) is 4.60. The maximum absolute atomic E-state index is 10.8. The Balaban J connectivity index is 2.24. The van der Waals surface area contributed by atoms with Crippen molar-refractivity contribution < 1.29 is 8.42 Å². The number of rotatable bonds is 4. The van der Waals surface area contributed by atoms with Crippen LogP contribution in [0.1, 0.15) is 25.7 Å². The average molecular weight is 203 g/mol. The Kier molecular flexibility index (Phi) is 3.50. The molecule has 0 aromatic rings. The third-order valence-corrected chi connectivity index (χ3v) is 3.29. The van der Waals surface area contributed by atoms with Gasteiger partial charge in [0, 0.05) is 12.3 Å². The topological polar surface area (TPSA) is 60.2 Å². The van der Waals surface area contributed by atoms with Crippen LogP contribution in [0.25, 0.3) is 0 Å². The SMILES string of the molecule is CS(=O)(=O)CCCC1=CC(N)CC1. The molecule has 0 bridgehead atoms. The van der Waals surface area contributed by atoms with Crippen LogP contribution in [0, 0.1) is 0 Å². The van der Waals surface area contributed by atoms with E-state index in [2.05, 4.69) is 6.08 Å². The standard InChI is InChI=1S/C9H17NO2S/c1-13(11,12)6-2-3-8-4-5-9(10)7-8/h7,9H,2-6,10H2,1H3. The second-order valence-corrected chi connectivity index (χ2v) is 6.02. The van der Waals surface area contributed by atoms with Gasteiger partial charge in [0.15, 0.2) is 0 Å². The molecule has 1 aliphatic rings.